The van der Waals surface area contributed by atoms with Gasteiger partial charge in [0.1, 0.15) is 0 Å². The molecule has 0 fully saturated rings. The van der Waals surface area contributed by atoms with E-state index in [1.165, 1.54) is 12.1 Å². The van der Waals surface area contributed by atoms with E-state index in [0.717, 1.165) is 18.9 Å². The van der Waals surface area contributed by atoms with Gasteiger partial charge in [0.15, 0.2) is 0 Å². The van der Waals surface area contributed by atoms with Crippen molar-refractivity contribution in [3.05, 3.63) is 38.9 Å². The Morgan fingerprint density at radius 2 is 2.05 bits per heavy atom. The summed E-state index contributed by atoms with van der Waals surface area (Å²) in [6, 6.07) is 3.76. The fourth-order valence-corrected chi connectivity index (χ4v) is 2.60. The molecule has 0 aliphatic heterocycles. The van der Waals surface area contributed by atoms with Crippen molar-refractivity contribution in [3.8, 4) is 0 Å². The zero-order chi connectivity index (χ0) is 16.8. The molecule has 0 saturated carbocycles. The van der Waals surface area contributed by atoms with E-state index in [9.17, 15) is 20.0 Å². The van der Waals surface area contributed by atoms with Crippen LogP contribution >= 0.6 is 11.6 Å². The van der Waals surface area contributed by atoms with Gasteiger partial charge in [0.05, 0.1) is 15.5 Å². The molecule has 0 spiro atoms. The Kier molecular flexibility index (Phi) is 6.77. The van der Waals surface area contributed by atoms with E-state index in [1.807, 2.05) is 13.8 Å². The molecule has 0 aromatic heterocycles. The first-order chi connectivity index (χ1) is 10.4. The number of aliphatic hydroxyl groups is 1. The standard InChI is InChI=1S/C15H21ClN2O4/c1-3-15(4-2,7-8-19)10-17-14(20)12-6-5-11(18(21)22)9-13(12)16/h5-6,9,19H,3-4,7-8,10H2,1-2H3,(H,17,20). The van der Waals surface area contributed by atoms with E-state index in [1.54, 1.807) is 0 Å². The Morgan fingerprint density at radius 1 is 1.41 bits per heavy atom. The largest absolute Gasteiger partial charge is 0.396 e. The SMILES string of the molecule is CCC(CC)(CCO)CNC(=O)c1ccc([N+](=O)[O-])cc1Cl. The summed E-state index contributed by atoms with van der Waals surface area (Å²) in [5.41, 5.74) is -0.104. The molecule has 0 radical (unpaired) electrons. The van der Waals surface area contributed by atoms with E-state index < -0.39 is 4.92 Å². The summed E-state index contributed by atoms with van der Waals surface area (Å²) in [6.07, 6.45) is 2.27. The molecule has 6 nitrogen and oxygen atoms in total. The summed E-state index contributed by atoms with van der Waals surface area (Å²) in [6.45, 7) is 4.52. The quantitative estimate of drug-likeness (QED) is 0.566. The molecular formula is C15H21ClN2O4. The van der Waals surface area contributed by atoms with Crippen LogP contribution in [0.25, 0.3) is 0 Å². The van der Waals surface area contributed by atoms with Crippen molar-refractivity contribution in [2.45, 2.75) is 33.1 Å². The van der Waals surface area contributed by atoms with Gasteiger partial charge in [-0.3, -0.25) is 14.9 Å². The third-order valence-electron chi connectivity index (χ3n) is 4.17. The molecule has 0 heterocycles. The average molecular weight is 329 g/mol. The third kappa shape index (κ3) is 4.42. The predicted octanol–water partition coefficient (Wildman–Crippen LogP) is 3.17. The molecule has 22 heavy (non-hydrogen) atoms. The second-order valence-corrected chi connectivity index (χ2v) is 5.69. The molecular weight excluding hydrogens is 308 g/mol. The second kappa shape index (κ2) is 8.10. The summed E-state index contributed by atoms with van der Waals surface area (Å²) < 4.78 is 0. The number of hydrogen-bond donors (Lipinski definition) is 2. The number of nitro groups is 1. The molecule has 1 aromatic rings. The van der Waals surface area contributed by atoms with Crippen LogP contribution in [0.4, 0.5) is 5.69 Å². The van der Waals surface area contributed by atoms with Crippen LogP contribution in [0.5, 0.6) is 0 Å². The van der Waals surface area contributed by atoms with Gasteiger partial charge in [-0.25, -0.2) is 0 Å². The zero-order valence-corrected chi connectivity index (χ0v) is 13.5. The molecule has 2 N–H and O–H groups in total. The lowest BCUT2D eigenvalue weighted by molar-refractivity contribution is -0.384. The summed E-state index contributed by atoms with van der Waals surface area (Å²) in [4.78, 5) is 22.3. The van der Waals surface area contributed by atoms with Crippen molar-refractivity contribution in [2.24, 2.45) is 5.41 Å². The number of carbonyl (C=O) groups excluding carboxylic acids is 1. The molecule has 1 rings (SSSR count). The van der Waals surface area contributed by atoms with Gasteiger partial charge in [-0.05, 0) is 30.7 Å². The van der Waals surface area contributed by atoms with Gasteiger partial charge in [0.25, 0.3) is 11.6 Å². The van der Waals surface area contributed by atoms with E-state index in [-0.39, 0.29) is 34.2 Å². The lowest BCUT2D eigenvalue weighted by atomic mass is 9.79. The smallest absolute Gasteiger partial charge is 0.270 e. The van der Waals surface area contributed by atoms with E-state index >= 15 is 0 Å². The van der Waals surface area contributed by atoms with Gasteiger partial charge in [-0.1, -0.05) is 25.4 Å². The summed E-state index contributed by atoms with van der Waals surface area (Å²) >= 11 is 5.94. The number of benzene rings is 1. The number of amides is 1. The van der Waals surface area contributed by atoms with Crippen LogP contribution in [0.2, 0.25) is 5.02 Å². The van der Waals surface area contributed by atoms with Gasteiger partial charge < -0.3 is 10.4 Å². The lowest BCUT2D eigenvalue weighted by Gasteiger charge is -2.31. The normalized spacial score (nSPS) is 11.3. The lowest BCUT2D eigenvalue weighted by Crippen LogP contribution is -2.37. The van der Waals surface area contributed by atoms with Crippen LogP contribution in [-0.2, 0) is 0 Å². The van der Waals surface area contributed by atoms with Crippen molar-refractivity contribution >= 4 is 23.2 Å². The maximum atomic E-state index is 12.2. The topological polar surface area (TPSA) is 92.5 Å². The highest BCUT2D eigenvalue weighted by atomic mass is 35.5. The predicted molar refractivity (Wildman–Crippen MR) is 85.2 cm³/mol. The van der Waals surface area contributed by atoms with Crippen molar-refractivity contribution in [3.63, 3.8) is 0 Å². The number of nitrogens with one attached hydrogen (secondary N) is 1. The minimum atomic E-state index is -0.562. The third-order valence-corrected chi connectivity index (χ3v) is 4.49. The average Bonchev–Trinajstić information content (AvgIpc) is 2.51. The molecule has 0 atom stereocenters. The highest BCUT2D eigenvalue weighted by Crippen LogP contribution is 2.30. The Labute approximate surface area is 134 Å². The van der Waals surface area contributed by atoms with Crippen molar-refractivity contribution in [2.75, 3.05) is 13.2 Å². The molecule has 0 aliphatic carbocycles. The zero-order valence-electron chi connectivity index (χ0n) is 12.8. The molecule has 0 unspecified atom stereocenters. The Bertz CT molecular complexity index is 544. The first kappa shape index (κ1) is 18.4. The monoisotopic (exact) mass is 328 g/mol. The number of aliphatic hydroxyl groups excluding tert-OH is 1. The molecule has 7 heteroatoms. The fourth-order valence-electron chi connectivity index (χ4n) is 2.34. The second-order valence-electron chi connectivity index (χ2n) is 5.28. The van der Waals surface area contributed by atoms with Crippen molar-refractivity contribution in [1.82, 2.24) is 5.32 Å². The minimum Gasteiger partial charge on any atom is -0.396 e. The maximum absolute atomic E-state index is 12.2. The molecule has 0 bridgehead atoms. The number of non-ortho nitro benzene ring substituents is 1. The van der Waals surface area contributed by atoms with Gasteiger partial charge in [0.2, 0.25) is 0 Å². The Morgan fingerprint density at radius 3 is 2.50 bits per heavy atom. The molecule has 1 amide bonds. The number of hydrogen-bond acceptors (Lipinski definition) is 4. The van der Waals surface area contributed by atoms with Crippen molar-refractivity contribution < 1.29 is 14.8 Å². The number of carbonyl (C=O) groups is 1. The van der Waals surface area contributed by atoms with E-state index in [2.05, 4.69) is 5.32 Å². The first-order valence-corrected chi connectivity index (χ1v) is 7.60. The fraction of sp³-hybridized carbons (Fsp3) is 0.533. The van der Waals surface area contributed by atoms with Crippen LogP contribution in [-0.4, -0.2) is 29.1 Å². The molecule has 0 aliphatic rings. The van der Waals surface area contributed by atoms with Crippen LogP contribution in [0.1, 0.15) is 43.5 Å². The molecule has 0 saturated heterocycles. The number of rotatable bonds is 8. The van der Waals surface area contributed by atoms with Crippen LogP contribution < -0.4 is 5.32 Å². The van der Waals surface area contributed by atoms with Gasteiger partial charge >= 0.3 is 0 Å². The van der Waals surface area contributed by atoms with Gasteiger partial charge in [-0.15, -0.1) is 0 Å². The summed E-state index contributed by atoms with van der Waals surface area (Å²) in [5, 5.41) is 22.7. The summed E-state index contributed by atoms with van der Waals surface area (Å²) in [5.74, 6) is -0.371. The maximum Gasteiger partial charge on any atom is 0.270 e. The highest BCUT2D eigenvalue weighted by molar-refractivity contribution is 6.34. The van der Waals surface area contributed by atoms with Gasteiger partial charge in [0, 0.05) is 25.3 Å². The first-order valence-electron chi connectivity index (χ1n) is 7.22. The Balaban J connectivity index is 2.83. The van der Waals surface area contributed by atoms with E-state index in [4.69, 9.17) is 11.6 Å². The van der Waals surface area contributed by atoms with Crippen LogP contribution in [0.15, 0.2) is 18.2 Å². The number of nitrogens with zero attached hydrogens (tertiary/aromatic N) is 1. The van der Waals surface area contributed by atoms with E-state index in [0.29, 0.717) is 13.0 Å². The number of nitro benzene ring substituents is 1. The number of halogens is 1. The molecule has 1 aromatic carbocycles. The Hall–Kier alpha value is -1.66. The van der Waals surface area contributed by atoms with Crippen LogP contribution in [0.3, 0.4) is 0 Å². The van der Waals surface area contributed by atoms with Crippen molar-refractivity contribution in [1.29, 1.82) is 0 Å². The minimum absolute atomic E-state index is 0.0486. The summed E-state index contributed by atoms with van der Waals surface area (Å²) in [7, 11) is 0. The molecule has 122 valence electrons. The van der Waals surface area contributed by atoms with Gasteiger partial charge in [-0.2, -0.15) is 0 Å². The van der Waals surface area contributed by atoms with Crippen LogP contribution in [0, 0.1) is 15.5 Å². The highest BCUT2D eigenvalue weighted by Gasteiger charge is 2.26.